The number of nitro groups is 1. The predicted octanol–water partition coefficient (Wildman–Crippen LogP) is 1.33. The third-order valence-corrected chi connectivity index (χ3v) is 5.15. The van der Waals surface area contributed by atoms with Crippen LogP contribution < -0.4 is 10.0 Å². The Morgan fingerprint density at radius 3 is 2.45 bits per heavy atom. The Kier molecular flexibility index (Phi) is 5.50. The second kappa shape index (κ2) is 8.02. The maximum atomic E-state index is 12.3. The van der Waals surface area contributed by atoms with Gasteiger partial charge in [0.1, 0.15) is 18.4 Å². The third-order valence-electron chi connectivity index (χ3n) is 3.81. The molecule has 0 aliphatic heterocycles. The highest BCUT2D eigenvalue weighted by molar-refractivity contribution is 7.92. The first-order valence-corrected chi connectivity index (χ1v) is 9.61. The topological polar surface area (TPSA) is 162 Å². The van der Waals surface area contributed by atoms with Crippen LogP contribution in [-0.4, -0.2) is 39.0 Å². The van der Waals surface area contributed by atoms with E-state index in [0.717, 1.165) is 6.20 Å². The number of benzene rings is 1. The highest BCUT2D eigenvalue weighted by atomic mass is 32.2. The first-order chi connectivity index (χ1) is 13.8. The molecular weight excluding hydrogens is 402 g/mol. The highest BCUT2D eigenvalue weighted by Gasteiger charge is 2.18. The molecule has 0 radical (unpaired) electrons. The number of rotatable bonds is 7. The number of carbonyl (C=O) groups excluding carboxylic acids is 1. The van der Waals surface area contributed by atoms with E-state index < -0.39 is 20.9 Å². The zero-order chi connectivity index (χ0) is 21.0. The van der Waals surface area contributed by atoms with Crippen molar-refractivity contribution in [3.8, 4) is 0 Å². The summed E-state index contributed by atoms with van der Waals surface area (Å²) in [6.07, 6.45) is 3.88. The van der Waals surface area contributed by atoms with Gasteiger partial charge in [0.25, 0.3) is 10.0 Å². The lowest BCUT2D eigenvalue weighted by Gasteiger charge is -2.09. The lowest BCUT2D eigenvalue weighted by Crippen LogP contribution is -2.20. The third kappa shape index (κ3) is 4.70. The zero-order valence-corrected chi connectivity index (χ0v) is 15.8. The molecule has 0 saturated carbocycles. The fraction of sp³-hybridized carbons (Fsp3) is 0.125. The van der Waals surface area contributed by atoms with Gasteiger partial charge in [-0.25, -0.2) is 23.1 Å². The summed E-state index contributed by atoms with van der Waals surface area (Å²) in [6.45, 7) is 1.26. The second-order valence-electron chi connectivity index (χ2n) is 5.78. The van der Waals surface area contributed by atoms with E-state index in [1.54, 1.807) is 6.07 Å². The van der Waals surface area contributed by atoms with Crippen LogP contribution in [0.25, 0.3) is 0 Å². The molecular formula is C16H15N7O5S. The maximum Gasteiger partial charge on any atom is 0.309 e. The Morgan fingerprint density at radius 1 is 1.21 bits per heavy atom. The fourth-order valence-electron chi connectivity index (χ4n) is 2.36. The maximum absolute atomic E-state index is 12.3. The molecule has 0 spiro atoms. The van der Waals surface area contributed by atoms with Crippen LogP contribution in [-0.2, 0) is 21.4 Å². The molecule has 12 nitrogen and oxygen atoms in total. The summed E-state index contributed by atoms with van der Waals surface area (Å²) in [7, 11) is -3.88. The van der Waals surface area contributed by atoms with Gasteiger partial charge in [0.05, 0.1) is 9.82 Å². The molecule has 0 unspecified atom stereocenters. The molecule has 1 aromatic carbocycles. The van der Waals surface area contributed by atoms with E-state index in [1.807, 2.05) is 0 Å². The molecule has 150 valence electrons. The van der Waals surface area contributed by atoms with Crippen molar-refractivity contribution in [2.75, 3.05) is 10.0 Å². The summed E-state index contributed by atoms with van der Waals surface area (Å²) >= 11 is 0. The van der Waals surface area contributed by atoms with Crippen molar-refractivity contribution in [2.24, 2.45) is 0 Å². The number of hydrogen-bond donors (Lipinski definition) is 2. The average Bonchev–Trinajstić information content (AvgIpc) is 3.03. The SMILES string of the molecule is Cc1c([N+](=O)[O-])cnn1CC(=O)Nc1ccc(S(=O)(=O)Nc2ncccn2)cc1. The fourth-order valence-corrected chi connectivity index (χ4v) is 3.32. The van der Waals surface area contributed by atoms with Gasteiger partial charge in [0, 0.05) is 18.1 Å². The van der Waals surface area contributed by atoms with Crippen LogP contribution in [0.3, 0.4) is 0 Å². The number of nitrogens with zero attached hydrogens (tertiary/aromatic N) is 5. The number of amides is 1. The normalized spacial score (nSPS) is 11.1. The van der Waals surface area contributed by atoms with Crippen molar-refractivity contribution in [2.45, 2.75) is 18.4 Å². The molecule has 2 heterocycles. The molecule has 0 saturated heterocycles. The first-order valence-electron chi connectivity index (χ1n) is 8.13. The molecule has 0 aliphatic carbocycles. The van der Waals surface area contributed by atoms with Gasteiger partial charge in [0.2, 0.25) is 11.9 Å². The Bertz CT molecular complexity index is 1140. The second-order valence-corrected chi connectivity index (χ2v) is 7.46. The molecule has 3 rings (SSSR count). The molecule has 29 heavy (non-hydrogen) atoms. The average molecular weight is 417 g/mol. The van der Waals surface area contributed by atoms with Crippen LogP contribution in [0, 0.1) is 17.0 Å². The van der Waals surface area contributed by atoms with E-state index in [9.17, 15) is 23.3 Å². The number of nitrogens with one attached hydrogen (secondary N) is 2. The summed E-state index contributed by atoms with van der Waals surface area (Å²) in [5.41, 5.74) is 0.423. The van der Waals surface area contributed by atoms with Gasteiger partial charge >= 0.3 is 5.69 Å². The molecule has 0 atom stereocenters. The summed E-state index contributed by atoms with van der Waals surface area (Å²) in [5, 5.41) is 17.2. The number of hydrogen-bond acceptors (Lipinski definition) is 8. The summed E-state index contributed by atoms with van der Waals surface area (Å²) < 4.78 is 28.1. The molecule has 2 N–H and O–H groups in total. The quantitative estimate of drug-likeness (QED) is 0.430. The first kappa shape index (κ1) is 19.9. The molecule has 1 amide bonds. The van der Waals surface area contributed by atoms with Gasteiger partial charge in [0.15, 0.2) is 0 Å². The number of carbonyl (C=O) groups is 1. The van der Waals surface area contributed by atoms with Gasteiger partial charge in [-0.15, -0.1) is 0 Å². The Morgan fingerprint density at radius 2 is 1.86 bits per heavy atom. The number of anilines is 2. The van der Waals surface area contributed by atoms with E-state index in [1.165, 1.54) is 48.3 Å². The van der Waals surface area contributed by atoms with Gasteiger partial charge in [-0.05, 0) is 37.3 Å². The van der Waals surface area contributed by atoms with Crippen LogP contribution in [0.4, 0.5) is 17.3 Å². The minimum atomic E-state index is -3.88. The van der Waals surface area contributed by atoms with Crippen LogP contribution in [0.1, 0.15) is 5.69 Å². The highest BCUT2D eigenvalue weighted by Crippen LogP contribution is 2.18. The van der Waals surface area contributed by atoms with Crippen LogP contribution in [0.5, 0.6) is 0 Å². The van der Waals surface area contributed by atoms with E-state index in [-0.39, 0.29) is 28.8 Å². The molecule has 0 bridgehead atoms. The van der Waals surface area contributed by atoms with Gasteiger partial charge in [-0.3, -0.25) is 19.6 Å². The summed E-state index contributed by atoms with van der Waals surface area (Å²) in [5.74, 6) is -0.536. The van der Waals surface area contributed by atoms with E-state index >= 15 is 0 Å². The Labute approximate surface area is 164 Å². The smallest absolute Gasteiger partial charge is 0.309 e. The standard InChI is InChI=1S/C16H15N7O5S/c1-11-14(23(25)26)9-19-22(11)10-15(24)20-12-3-5-13(6-4-12)29(27,28)21-16-17-7-2-8-18-16/h2-9H,10H2,1H3,(H,20,24)(H,17,18,21). The Balaban J connectivity index is 1.66. The molecule has 2 aromatic heterocycles. The molecule has 0 fully saturated rings. The van der Waals surface area contributed by atoms with E-state index in [4.69, 9.17) is 0 Å². The summed E-state index contributed by atoms with van der Waals surface area (Å²) in [6, 6.07) is 7.00. The van der Waals surface area contributed by atoms with E-state index in [2.05, 4.69) is 25.1 Å². The van der Waals surface area contributed by atoms with Gasteiger partial charge < -0.3 is 5.32 Å². The van der Waals surface area contributed by atoms with Crippen molar-refractivity contribution in [3.63, 3.8) is 0 Å². The minimum Gasteiger partial charge on any atom is -0.324 e. The van der Waals surface area contributed by atoms with Crippen molar-refractivity contribution < 1.29 is 18.1 Å². The van der Waals surface area contributed by atoms with Gasteiger partial charge in [-0.1, -0.05) is 0 Å². The van der Waals surface area contributed by atoms with Gasteiger partial charge in [-0.2, -0.15) is 5.10 Å². The van der Waals surface area contributed by atoms with E-state index in [0.29, 0.717) is 5.69 Å². The molecule has 13 heteroatoms. The number of aromatic nitrogens is 4. The lowest BCUT2D eigenvalue weighted by atomic mass is 10.3. The Hall–Kier alpha value is -3.87. The van der Waals surface area contributed by atoms with Crippen LogP contribution >= 0.6 is 0 Å². The molecule has 0 aliphatic rings. The van der Waals surface area contributed by atoms with Crippen LogP contribution in [0.15, 0.2) is 53.8 Å². The predicted molar refractivity (Wildman–Crippen MR) is 102 cm³/mol. The largest absolute Gasteiger partial charge is 0.324 e. The van der Waals surface area contributed by atoms with Crippen molar-refractivity contribution >= 4 is 33.3 Å². The number of sulfonamides is 1. The van der Waals surface area contributed by atoms with Crippen molar-refractivity contribution in [3.05, 3.63) is 64.7 Å². The van der Waals surface area contributed by atoms with Crippen molar-refractivity contribution in [1.82, 2.24) is 19.7 Å². The summed E-state index contributed by atoms with van der Waals surface area (Å²) in [4.78, 5) is 30.0. The van der Waals surface area contributed by atoms with Crippen LogP contribution in [0.2, 0.25) is 0 Å². The monoisotopic (exact) mass is 417 g/mol. The minimum absolute atomic E-state index is 0.0403. The zero-order valence-electron chi connectivity index (χ0n) is 15.0. The molecule has 3 aromatic rings. The van der Waals surface area contributed by atoms with Crippen molar-refractivity contribution in [1.29, 1.82) is 0 Å². The lowest BCUT2D eigenvalue weighted by molar-refractivity contribution is -0.385.